The SMILES string of the molecule is CCNCc1cc2cc(Cl)cc(Br)c2o1. The van der Waals surface area contributed by atoms with Crippen molar-refractivity contribution in [2.75, 3.05) is 6.54 Å². The Hall–Kier alpha value is -0.510. The minimum atomic E-state index is 0.713. The Labute approximate surface area is 102 Å². The number of furan rings is 1. The van der Waals surface area contributed by atoms with Crippen LogP contribution in [0.5, 0.6) is 0 Å². The summed E-state index contributed by atoms with van der Waals surface area (Å²) in [6, 6.07) is 5.75. The fourth-order valence-corrected chi connectivity index (χ4v) is 2.38. The van der Waals surface area contributed by atoms with Crippen LogP contribution in [0.3, 0.4) is 0 Å². The summed E-state index contributed by atoms with van der Waals surface area (Å²) < 4.78 is 6.58. The molecular weight excluding hydrogens is 277 g/mol. The molecule has 0 radical (unpaired) electrons. The van der Waals surface area contributed by atoms with Gasteiger partial charge in [0.15, 0.2) is 0 Å². The molecular formula is C11H11BrClNO. The lowest BCUT2D eigenvalue weighted by Crippen LogP contribution is -2.10. The van der Waals surface area contributed by atoms with Crippen molar-refractivity contribution in [2.24, 2.45) is 0 Å². The van der Waals surface area contributed by atoms with E-state index in [0.717, 1.165) is 34.3 Å². The van der Waals surface area contributed by atoms with Gasteiger partial charge in [0.1, 0.15) is 11.3 Å². The Bertz CT molecular complexity index is 481. The quantitative estimate of drug-likeness (QED) is 0.925. The molecule has 1 aromatic carbocycles. The summed E-state index contributed by atoms with van der Waals surface area (Å²) in [5, 5.41) is 4.96. The average Bonchev–Trinajstić information content (AvgIpc) is 2.57. The minimum absolute atomic E-state index is 0.713. The summed E-state index contributed by atoms with van der Waals surface area (Å²) in [5.41, 5.74) is 0.854. The topological polar surface area (TPSA) is 25.2 Å². The molecule has 0 fully saturated rings. The van der Waals surface area contributed by atoms with Gasteiger partial charge < -0.3 is 9.73 Å². The van der Waals surface area contributed by atoms with Crippen molar-refractivity contribution in [3.8, 4) is 0 Å². The zero-order valence-electron chi connectivity index (χ0n) is 8.31. The van der Waals surface area contributed by atoms with Crippen LogP contribution in [-0.2, 0) is 6.54 Å². The van der Waals surface area contributed by atoms with E-state index in [1.54, 1.807) is 0 Å². The maximum Gasteiger partial charge on any atom is 0.148 e. The second kappa shape index (κ2) is 4.56. The van der Waals surface area contributed by atoms with E-state index in [4.69, 9.17) is 16.0 Å². The predicted octanol–water partition coefficient (Wildman–Crippen LogP) is 3.96. The maximum atomic E-state index is 5.95. The number of fused-ring (bicyclic) bond motifs is 1. The van der Waals surface area contributed by atoms with Crippen molar-refractivity contribution in [3.63, 3.8) is 0 Å². The first kappa shape index (κ1) is 11.0. The highest BCUT2D eigenvalue weighted by molar-refractivity contribution is 9.10. The first-order valence-electron chi connectivity index (χ1n) is 4.79. The van der Waals surface area contributed by atoms with Crippen LogP contribution in [0, 0.1) is 0 Å². The molecule has 4 heteroatoms. The summed E-state index contributed by atoms with van der Waals surface area (Å²) in [4.78, 5) is 0. The van der Waals surface area contributed by atoms with Crippen molar-refractivity contribution in [2.45, 2.75) is 13.5 Å². The van der Waals surface area contributed by atoms with Crippen molar-refractivity contribution in [1.82, 2.24) is 5.32 Å². The van der Waals surface area contributed by atoms with Gasteiger partial charge in [0.25, 0.3) is 0 Å². The molecule has 0 atom stereocenters. The molecule has 2 aromatic rings. The Kier molecular flexibility index (Phi) is 3.34. The number of benzene rings is 1. The van der Waals surface area contributed by atoms with Crippen LogP contribution < -0.4 is 5.32 Å². The number of nitrogens with one attached hydrogen (secondary N) is 1. The number of hydrogen-bond acceptors (Lipinski definition) is 2. The first-order valence-corrected chi connectivity index (χ1v) is 5.96. The summed E-state index contributed by atoms with van der Waals surface area (Å²) in [5.74, 6) is 0.926. The number of hydrogen-bond donors (Lipinski definition) is 1. The molecule has 0 aliphatic rings. The standard InChI is InChI=1S/C11H11BrClNO/c1-2-14-6-9-4-7-3-8(13)5-10(12)11(7)15-9/h3-5,14H,2,6H2,1H3. The van der Waals surface area contributed by atoms with Gasteiger partial charge in [-0.25, -0.2) is 0 Å². The van der Waals surface area contributed by atoms with Crippen molar-refractivity contribution in [1.29, 1.82) is 0 Å². The van der Waals surface area contributed by atoms with E-state index in [2.05, 4.69) is 28.2 Å². The fraction of sp³-hybridized carbons (Fsp3) is 0.273. The zero-order valence-corrected chi connectivity index (χ0v) is 10.7. The Morgan fingerprint density at radius 2 is 2.20 bits per heavy atom. The molecule has 0 saturated heterocycles. The van der Waals surface area contributed by atoms with Crippen LogP contribution in [0.1, 0.15) is 12.7 Å². The van der Waals surface area contributed by atoms with Crippen LogP contribution in [0.2, 0.25) is 5.02 Å². The molecule has 0 bridgehead atoms. The maximum absolute atomic E-state index is 5.95. The molecule has 80 valence electrons. The van der Waals surface area contributed by atoms with Crippen LogP contribution in [0.25, 0.3) is 11.0 Å². The fourth-order valence-electron chi connectivity index (χ4n) is 1.46. The molecule has 1 N–H and O–H groups in total. The van der Waals surface area contributed by atoms with Crippen LogP contribution in [0.15, 0.2) is 27.1 Å². The summed E-state index contributed by atoms with van der Waals surface area (Å²) >= 11 is 9.38. The molecule has 0 aliphatic heterocycles. The average molecular weight is 289 g/mol. The summed E-state index contributed by atoms with van der Waals surface area (Å²) in [7, 11) is 0. The van der Waals surface area contributed by atoms with Gasteiger partial charge in [0, 0.05) is 10.4 Å². The monoisotopic (exact) mass is 287 g/mol. The molecule has 0 saturated carbocycles. The van der Waals surface area contributed by atoms with Gasteiger partial charge in [0.2, 0.25) is 0 Å². The summed E-state index contributed by atoms with van der Waals surface area (Å²) in [6.45, 7) is 3.74. The number of halogens is 2. The van der Waals surface area contributed by atoms with Crippen molar-refractivity contribution in [3.05, 3.63) is 33.5 Å². The Balaban J connectivity index is 2.41. The van der Waals surface area contributed by atoms with Crippen LogP contribution in [0.4, 0.5) is 0 Å². The third-order valence-electron chi connectivity index (χ3n) is 2.14. The van der Waals surface area contributed by atoms with E-state index in [0.29, 0.717) is 5.02 Å². The van der Waals surface area contributed by atoms with Gasteiger partial charge in [-0.3, -0.25) is 0 Å². The summed E-state index contributed by atoms with van der Waals surface area (Å²) in [6.07, 6.45) is 0. The predicted molar refractivity (Wildman–Crippen MR) is 66.3 cm³/mol. The first-order chi connectivity index (χ1) is 7.20. The highest BCUT2D eigenvalue weighted by Gasteiger charge is 2.07. The third kappa shape index (κ3) is 2.36. The Morgan fingerprint density at radius 3 is 2.93 bits per heavy atom. The normalized spacial score (nSPS) is 11.1. The van der Waals surface area contributed by atoms with Crippen molar-refractivity contribution >= 4 is 38.5 Å². The van der Waals surface area contributed by atoms with Gasteiger partial charge in [-0.05, 0) is 40.7 Å². The highest BCUT2D eigenvalue weighted by atomic mass is 79.9. The van der Waals surface area contributed by atoms with E-state index < -0.39 is 0 Å². The van der Waals surface area contributed by atoms with E-state index in [1.165, 1.54) is 0 Å². The van der Waals surface area contributed by atoms with E-state index in [-0.39, 0.29) is 0 Å². The van der Waals surface area contributed by atoms with Crippen LogP contribution in [-0.4, -0.2) is 6.54 Å². The molecule has 1 heterocycles. The van der Waals surface area contributed by atoms with Crippen LogP contribution >= 0.6 is 27.5 Å². The largest absolute Gasteiger partial charge is 0.459 e. The van der Waals surface area contributed by atoms with Gasteiger partial charge in [-0.2, -0.15) is 0 Å². The molecule has 2 rings (SSSR count). The second-order valence-corrected chi connectivity index (χ2v) is 4.59. The smallest absolute Gasteiger partial charge is 0.148 e. The third-order valence-corrected chi connectivity index (χ3v) is 2.94. The van der Waals surface area contributed by atoms with Gasteiger partial charge in [0.05, 0.1) is 11.0 Å². The van der Waals surface area contributed by atoms with Gasteiger partial charge in [-0.1, -0.05) is 18.5 Å². The highest BCUT2D eigenvalue weighted by Crippen LogP contribution is 2.30. The van der Waals surface area contributed by atoms with E-state index in [9.17, 15) is 0 Å². The lowest BCUT2D eigenvalue weighted by molar-refractivity contribution is 0.519. The molecule has 0 aliphatic carbocycles. The lowest BCUT2D eigenvalue weighted by atomic mass is 10.2. The molecule has 0 unspecified atom stereocenters. The van der Waals surface area contributed by atoms with Gasteiger partial charge in [-0.15, -0.1) is 0 Å². The lowest BCUT2D eigenvalue weighted by Gasteiger charge is -1.95. The van der Waals surface area contributed by atoms with Gasteiger partial charge >= 0.3 is 0 Å². The minimum Gasteiger partial charge on any atom is -0.459 e. The van der Waals surface area contributed by atoms with E-state index in [1.807, 2.05) is 18.2 Å². The van der Waals surface area contributed by atoms with E-state index >= 15 is 0 Å². The zero-order chi connectivity index (χ0) is 10.8. The molecule has 0 spiro atoms. The van der Waals surface area contributed by atoms with Crippen molar-refractivity contribution < 1.29 is 4.42 Å². The Morgan fingerprint density at radius 1 is 1.40 bits per heavy atom. The molecule has 15 heavy (non-hydrogen) atoms. The molecule has 2 nitrogen and oxygen atoms in total. The molecule has 1 aromatic heterocycles. The molecule has 0 amide bonds. The number of rotatable bonds is 3. The second-order valence-electron chi connectivity index (χ2n) is 3.30.